The molecule has 0 bridgehead atoms. The molecular formula is C18H18OSe2. The number of hydrogen-bond donors (Lipinski definition) is 0. The Hall–Kier alpha value is -0.981. The molecule has 0 N–H and O–H groups in total. The Morgan fingerprint density at radius 1 is 0.952 bits per heavy atom. The second kappa shape index (κ2) is 7.33. The number of benzene rings is 2. The van der Waals surface area contributed by atoms with Crippen molar-refractivity contribution in [2.75, 3.05) is 0 Å². The van der Waals surface area contributed by atoms with Gasteiger partial charge in [-0.1, -0.05) is 0 Å². The molecule has 0 aliphatic heterocycles. The molecule has 0 amide bonds. The molecule has 3 aromatic rings. The van der Waals surface area contributed by atoms with Gasteiger partial charge >= 0.3 is 139 Å². The number of unbranched alkanes of at least 4 members (excludes halogenated alkanes) is 1. The Kier molecular flexibility index (Phi) is 5.22. The van der Waals surface area contributed by atoms with Crippen molar-refractivity contribution in [3.05, 3.63) is 54.6 Å². The Labute approximate surface area is 138 Å². The van der Waals surface area contributed by atoms with Crippen molar-refractivity contribution >= 4 is 54.5 Å². The molecule has 1 nitrogen and oxygen atoms in total. The van der Waals surface area contributed by atoms with Gasteiger partial charge in [0.25, 0.3) is 0 Å². The normalized spacial score (nSPS) is 11.1. The first kappa shape index (κ1) is 14.9. The second-order valence-electron chi connectivity index (χ2n) is 4.83. The van der Waals surface area contributed by atoms with E-state index in [1.54, 1.807) is 0 Å². The first-order valence-electron chi connectivity index (χ1n) is 7.25. The van der Waals surface area contributed by atoms with E-state index < -0.39 is 0 Å². The molecule has 0 saturated carbocycles. The quantitative estimate of drug-likeness (QED) is 0.452. The molecule has 1 aromatic heterocycles. The van der Waals surface area contributed by atoms with E-state index >= 15 is 0 Å². The standard InChI is InChI=1S/C18H18OSe2/c1-2-3-13-20-18-17(21-14-9-5-4-6-10-14)15-11-7-8-12-16(15)19-18/h4-12H,2-3,13H2,1H3. The first-order valence-corrected chi connectivity index (χ1v) is 11.0. The Balaban J connectivity index is 1.95. The van der Waals surface area contributed by atoms with Crippen molar-refractivity contribution in [3.63, 3.8) is 0 Å². The molecule has 0 radical (unpaired) electrons. The first-order chi connectivity index (χ1) is 10.4. The van der Waals surface area contributed by atoms with E-state index in [1.807, 2.05) is 0 Å². The molecule has 0 unspecified atom stereocenters. The van der Waals surface area contributed by atoms with Crippen LogP contribution in [0.5, 0.6) is 0 Å². The molecule has 0 fully saturated rings. The van der Waals surface area contributed by atoms with Gasteiger partial charge in [0, 0.05) is 0 Å². The third-order valence-corrected chi connectivity index (χ3v) is 8.40. The third-order valence-electron chi connectivity index (χ3n) is 3.21. The van der Waals surface area contributed by atoms with Crippen LogP contribution < -0.4 is 13.6 Å². The zero-order valence-electron chi connectivity index (χ0n) is 12.0. The van der Waals surface area contributed by atoms with Crippen molar-refractivity contribution in [1.82, 2.24) is 0 Å². The molecule has 2 aromatic carbocycles. The summed E-state index contributed by atoms with van der Waals surface area (Å²) in [6.07, 6.45) is 2.57. The summed E-state index contributed by atoms with van der Waals surface area (Å²) < 4.78 is 10.3. The van der Waals surface area contributed by atoms with Crippen LogP contribution in [0.4, 0.5) is 0 Å². The van der Waals surface area contributed by atoms with Crippen molar-refractivity contribution in [3.8, 4) is 0 Å². The molecule has 1 heterocycles. The maximum absolute atomic E-state index is 6.16. The molecule has 3 rings (SSSR count). The minimum atomic E-state index is 0.331. The van der Waals surface area contributed by atoms with E-state index in [1.165, 1.54) is 37.1 Å². The number of furan rings is 1. The fourth-order valence-electron chi connectivity index (χ4n) is 2.11. The molecule has 0 saturated heterocycles. The number of hydrogen-bond acceptors (Lipinski definition) is 1. The predicted octanol–water partition coefficient (Wildman–Crippen LogP) is 2.64. The summed E-state index contributed by atoms with van der Waals surface area (Å²) in [5.74, 6) is 0. The van der Waals surface area contributed by atoms with Gasteiger partial charge in [0.15, 0.2) is 0 Å². The van der Waals surface area contributed by atoms with Gasteiger partial charge in [-0.15, -0.1) is 0 Å². The molecule has 108 valence electrons. The van der Waals surface area contributed by atoms with Gasteiger partial charge in [-0.05, 0) is 0 Å². The maximum atomic E-state index is 6.16. The Morgan fingerprint density at radius 3 is 2.52 bits per heavy atom. The van der Waals surface area contributed by atoms with Gasteiger partial charge in [-0.3, -0.25) is 0 Å². The van der Waals surface area contributed by atoms with Crippen molar-refractivity contribution in [1.29, 1.82) is 0 Å². The molecule has 0 aliphatic carbocycles. The van der Waals surface area contributed by atoms with Crippen molar-refractivity contribution < 1.29 is 4.42 Å². The molecule has 0 atom stereocenters. The summed E-state index contributed by atoms with van der Waals surface area (Å²) in [5, 5.41) is 2.59. The number of fused-ring (bicyclic) bond motifs is 1. The molecule has 21 heavy (non-hydrogen) atoms. The molecular weight excluding hydrogens is 390 g/mol. The zero-order valence-corrected chi connectivity index (χ0v) is 15.5. The molecule has 0 spiro atoms. The topological polar surface area (TPSA) is 13.1 Å². The summed E-state index contributed by atoms with van der Waals surface area (Å²) in [7, 11) is 0. The van der Waals surface area contributed by atoms with E-state index in [0.29, 0.717) is 29.9 Å². The van der Waals surface area contributed by atoms with Crippen molar-refractivity contribution in [2.24, 2.45) is 0 Å². The summed E-state index contributed by atoms with van der Waals surface area (Å²) in [4.78, 5) is 0. The van der Waals surface area contributed by atoms with Crippen LogP contribution in [0.1, 0.15) is 19.8 Å². The van der Waals surface area contributed by atoms with Gasteiger partial charge in [-0.2, -0.15) is 0 Å². The van der Waals surface area contributed by atoms with Crippen LogP contribution in [0.25, 0.3) is 11.0 Å². The SMILES string of the molecule is CCCC[Se]c1oc2ccccc2c1[Se]c1ccccc1. The van der Waals surface area contributed by atoms with Crippen LogP contribution >= 0.6 is 0 Å². The van der Waals surface area contributed by atoms with E-state index in [4.69, 9.17) is 4.42 Å². The van der Waals surface area contributed by atoms with Crippen LogP contribution in [0.3, 0.4) is 0 Å². The summed E-state index contributed by atoms with van der Waals surface area (Å²) in [5.41, 5.74) is 1.05. The van der Waals surface area contributed by atoms with Crippen LogP contribution in [-0.4, -0.2) is 29.9 Å². The van der Waals surface area contributed by atoms with Gasteiger partial charge in [0.2, 0.25) is 0 Å². The van der Waals surface area contributed by atoms with Crippen LogP contribution in [0.15, 0.2) is 59.0 Å². The summed E-state index contributed by atoms with van der Waals surface area (Å²) >= 11 is 0.790. The van der Waals surface area contributed by atoms with Crippen molar-refractivity contribution in [2.45, 2.75) is 25.1 Å². The number of rotatable bonds is 6. The fraction of sp³-hybridized carbons (Fsp3) is 0.222. The van der Waals surface area contributed by atoms with E-state index in [-0.39, 0.29) is 0 Å². The van der Waals surface area contributed by atoms with E-state index in [0.717, 1.165) is 5.58 Å². The predicted molar refractivity (Wildman–Crippen MR) is 92.8 cm³/mol. The van der Waals surface area contributed by atoms with E-state index in [2.05, 4.69) is 61.5 Å². The van der Waals surface area contributed by atoms with Gasteiger partial charge in [-0.25, -0.2) is 0 Å². The Morgan fingerprint density at radius 2 is 1.71 bits per heavy atom. The van der Waals surface area contributed by atoms with Crippen LogP contribution in [-0.2, 0) is 0 Å². The average Bonchev–Trinajstić information content (AvgIpc) is 2.87. The second-order valence-corrected chi connectivity index (χ2v) is 9.35. The fourth-order valence-corrected chi connectivity index (χ4v) is 7.27. The summed E-state index contributed by atoms with van der Waals surface area (Å²) in [6.45, 7) is 2.25. The zero-order chi connectivity index (χ0) is 14.5. The van der Waals surface area contributed by atoms with Gasteiger partial charge < -0.3 is 0 Å². The molecule has 0 aliphatic rings. The minimum absolute atomic E-state index is 0.331. The van der Waals surface area contributed by atoms with Gasteiger partial charge in [0.05, 0.1) is 0 Å². The molecule has 3 heteroatoms. The number of para-hydroxylation sites is 1. The van der Waals surface area contributed by atoms with E-state index in [9.17, 15) is 0 Å². The monoisotopic (exact) mass is 410 g/mol. The van der Waals surface area contributed by atoms with Crippen LogP contribution in [0.2, 0.25) is 5.32 Å². The third kappa shape index (κ3) is 3.62. The summed E-state index contributed by atoms with van der Waals surface area (Å²) in [6, 6.07) is 19.3. The van der Waals surface area contributed by atoms with Crippen LogP contribution in [0, 0.1) is 0 Å². The Bertz CT molecular complexity index is 704. The van der Waals surface area contributed by atoms with Gasteiger partial charge in [0.1, 0.15) is 0 Å². The average molecular weight is 408 g/mol.